The molecule has 6 aliphatic rings. The van der Waals surface area contributed by atoms with Gasteiger partial charge < -0.3 is 4.84 Å². The van der Waals surface area contributed by atoms with Crippen molar-refractivity contribution in [2.75, 3.05) is 0 Å². The van der Waals surface area contributed by atoms with E-state index in [2.05, 4.69) is 0 Å². The number of benzene rings is 1. The number of imide groups is 1. The fourth-order valence-electron chi connectivity index (χ4n) is 8.19. The Morgan fingerprint density at radius 2 is 1.44 bits per heavy atom. The van der Waals surface area contributed by atoms with Crippen LogP contribution in [0.1, 0.15) is 33.6 Å². The number of carbonyl (C=O) groups is 3. The second-order valence-corrected chi connectivity index (χ2v) is 8.82. The molecular weight excluding hydrogens is 318 g/mol. The Bertz CT molecular complexity index is 852. The Morgan fingerprint density at radius 1 is 0.840 bits per heavy atom. The van der Waals surface area contributed by atoms with Gasteiger partial charge in [-0.2, -0.15) is 0 Å². The quantitative estimate of drug-likeness (QED) is 0.777. The highest BCUT2D eigenvalue weighted by Gasteiger charge is 2.81. The lowest BCUT2D eigenvalue weighted by molar-refractivity contribution is -0.181. The van der Waals surface area contributed by atoms with Crippen molar-refractivity contribution in [2.24, 2.45) is 53.3 Å². The van der Waals surface area contributed by atoms with Gasteiger partial charge in [0, 0.05) is 0 Å². The van der Waals surface area contributed by atoms with Gasteiger partial charge in [-0.25, -0.2) is 4.79 Å². The van der Waals surface area contributed by atoms with Crippen LogP contribution in [0.5, 0.6) is 0 Å². The summed E-state index contributed by atoms with van der Waals surface area (Å²) in [6, 6.07) is 6.63. The summed E-state index contributed by atoms with van der Waals surface area (Å²) in [5.41, 5.74) is 0.638. The lowest BCUT2D eigenvalue weighted by atomic mass is 9.57. The van der Waals surface area contributed by atoms with E-state index in [1.807, 2.05) is 0 Å². The van der Waals surface area contributed by atoms with Crippen LogP contribution in [-0.4, -0.2) is 22.8 Å². The average molecular weight is 335 g/mol. The third-order valence-corrected chi connectivity index (χ3v) is 8.53. The van der Waals surface area contributed by atoms with Crippen molar-refractivity contribution in [1.29, 1.82) is 0 Å². The van der Waals surface area contributed by atoms with Crippen LogP contribution in [0.25, 0.3) is 0 Å². The van der Waals surface area contributed by atoms with Crippen molar-refractivity contribution in [1.82, 2.24) is 5.06 Å². The number of carbonyl (C=O) groups excluding carboxylic acids is 3. The molecule has 25 heavy (non-hydrogen) atoms. The van der Waals surface area contributed by atoms with Gasteiger partial charge in [0.15, 0.2) is 0 Å². The molecule has 5 nitrogen and oxygen atoms in total. The van der Waals surface area contributed by atoms with Gasteiger partial charge in [0.1, 0.15) is 0 Å². The number of amides is 2. The van der Waals surface area contributed by atoms with E-state index in [1.54, 1.807) is 24.3 Å². The maximum absolute atomic E-state index is 13.0. The minimum absolute atomic E-state index is 0.0909. The molecule has 0 aromatic heterocycles. The zero-order valence-electron chi connectivity index (χ0n) is 13.5. The van der Waals surface area contributed by atoms with Gasteiger partial charge in [-0.1, -0.05) is 17.2 Å². The molecular formula is C20H17NO4. The molecule has 1 aliphatic heterocycles. The molecule has 9 atom stereocenters. The van der Waals surface area contributed by atoms with Gasteiger partial charge in [0.2, 0.25) is 0 Å². The van der Waals surface area contributed by atoms with Crippen LogP contribution >= 0.6 is 0 Å². The first-order valence-electron chi connectivity index (χ1n) is 9.36. The molecule has 2 bridgehead atoms. The Morgan fingerprint density at radius 3 is 2.12 bits per heavy atom. The first-order chi connectivity index (χ1) is 12.2. The smallest absolute Gasteiger partial charge is 0.329 e. The van der Waals surface area contributed by atoms with Crippen molar-refractivity contribution in [3.05, 3.63) is 35.4 Å². The van der Waals surface area contributed by atoms with Gasteiger partial charge in [0.05, 0.1) is 17.0 Å². The van der Waals surface area contributed by atoms with Gasteiger partial charge in [-0.05, 0) is 72.3 Å². The number of hydrogen-bond acceptors (Lipinski definition) is 4. The molecule has 0 saturated heterocycles. The molecule has 1 heterocycles. The van der Waals surface area contributed by atoms with E-state index in [9.17, 15) is 14.4 Å². The number of hydrogen-bond donors (Lipinski definition) is 0. The molecule has 7 rings (SSSR count). The van der Waals surface area contributed by atoms with E-state index in [1.165, 1.54) is 12.8 Å². The van der Waals surface area contributed by atoms with Crippen LogP contribution in [0.2, 0.25) is 0 Å². The third-order valence-electron chi connectivity index (χ3n) is 8.53. The SMILES string of the molecule is O=C(ON1C(=O)c2ccccc2C1=O)C1C2C3CC4C5C3CC2C5C41. The van der Waals surface area contributed by atoms with Crippen molar-refractivity contribution < 1.29 is 19.2 Å². The predicted molar refractivity (Wildman–Crippen MR) is 83.7 cm³/mol. The molecule has 1 aromatic rings. The van der Waals surface area contributed by atoms with Crippen molar-refractivity contribution in [3.8, 4) is 0 Å². The van der Waals surface area contributed by atoms with E-state index in [-0.39, 0.29) is 11.9 Å². The van der Waals surface area contributed by atoms with Gasteiger partial charge >= 0.3 is 5.97 Å². The minimum Gasteiger partial charge on any atom is -0.329 e. The minimum atomic E-state index is -0.518. The van der Waals surface area contributed by atoms with Crippen LogP contribution < -0.4 is 0 Å². The molecule has 5 aliphatic carbocycles. The topological polar surface area (TPSA) is 63.7 Å². The number of fused-ring (bicyclic) bond motifs is 3. The molecule has 0 radical (unpaired) electrons. The van der Waals surface area contributed by atoms with E-state index >= 15 is 0 Å². The molecule has 5 heteroatoms. The van der Waals surface area contributed by atoms with Crippen molar-refractivity contribution in [2.45, 2.75) is 12.8 Å². The fraction of sp³-hybridized carbons (Fsp3) is 0.550. The number of nitrogens with zero attached hydrogens (tertiary/aromatic N) is 1. The Labute approximate surface area is 144 Å². The van der Waals surface area contributed by atoms with Crippen LogP contribution in [0.3, 0.4) is 0 Å². The maximum Gasteiger partial charge on any atom is 0.336 e. The molecule has 126 valence electrons. The summed E-state index contributed by atoms with van der Waals surface area (Å²) >= 11 is 0. The summed E-state index contributed by atoms with van der Waals surface area (Å²) < 4.78 is 0. The lowest BCUT2D eigenvalue weighted by Gasteiger charge is -2.47. The molecule has 5 fully saturated rings. The van der Waals surface area contributed by atoms with E-state index < -0.39 is 11.8 Å². The highest BCUT2D eigenvalue weighted by molar-refractivity contribution is 6.20. The number of hydroxylamine groups is 2. The van der Waals surface area contributed by atoms with Crippen LogP contribution in [0.4, 0.5) is 0 Å². The second-order valence-electron chi connectivity index (χ2n) is 8.82. The standard InChI is InChI=1S/C20H17NO4/c22-18-7-3-1-2-4-8(7)19(23)21(18)25-20(24)17-14-10-6-11-13-9(10)5-12(14)15(13)16(11)17/h1-4,9-17H,5-6H2. The molecule has 9 unspecified atom stereocenters. The summed E-state index contributed by atoms with van der Waals surface area (Å²) in [4.78, 5) is 43.3. The summed E-state index contributed by atoms with van der Waals surface area (Å²) in [5, 5.41) is 0.696. The first-order valence-corrected chi connectivity index (χ1v) is 9.36. The van der Waals surface area contributed by atoms with Gasteiger partial charge in [-0.15, -0.1) is 0 Å². The molecule has 0 spiro atoms. The lowest BCUT2D eigenvalue weighted by Crippen LogP contribution is -2.47. The zero-order valence-corrected chi connectivity index (χ0v) is 13.5. The molecule has 2 amide bonds. The first kappa shape index (κ1) is 13.1. The third kappa shape index (κ3) is 1.19. The van der Waals surface area contributed by atoms with Crippen LogP contribution in [0, 0.1) is 53.3 Å². The second kappa shape index (κ2) is 3.81. The fourth-order valence-corrected chi connectivity index (χ4v) is 8.19. The highest BCUT2D eigenvalue weighted by atomic mass is 16.7. The summed E-state index contributed by atoms with van der Waals surface area (Å²) in [6.07, 6.45) is 2.60. The summed E-state index contributed by atoms with van der Waals surface area (Å²) in [7, 11) is 0. The molecule has 5 saturated carbocycles. The Hall–Kier alpha value is -2.17. The van der Waals surface area contributed by atoms with Crippen LogP contribution in [0.15, 0.2) is 24.3 Å². The van der Waals surface area contributed by atoms with Crippen molar-refractivity contribution in [3.63, 3.8) is 0 Å². The largest absolute Gasteiger partial charge is 0.336 e. The van der Waals surface area contributed by atoms with Gasteiger partial charge in [0.25, 0.3) is 11.8 Å². The maximum atomic E-state index is 13.0. The monoisotopic (exact) mass is 335 g/mol. The Balaban J connectivity index is 1.20. The summed E-state index contributed by atoms with van der Waals surface area (Å²) in [5.74, 6) is 3.95. The van der Waals surface area contributed by atoms with Gasteiger partial charge in [-0.3, -0.25) is 9.59 Å². The van der Waals surface area contributed by atoms with E-state index in [0.29, 0.717) is 45.8 Å². The van der Waals surface area contributed by atoms with E-state index in [4.69, 9.17) is 4.84 Å². The Kier molecular flexibility index (Phi) is 2.00. The predicted octanol–water partition coefficient (Wildman–Crippen LogP) is 2.13. The molecule has 0 N–H and O–H groups in total. The van der Waals surface area contributed by atoms with Crippen LogP contribution in [-0.2, 0) is 9.63 Å². The average Bonchev–Trinajstić information content (AvgIpc) is 3.23. The van der Waals surface area contributed by atoms with Crippen molar-refractivity contribution >= 4 is 17.8 Å². The highest BCUT2D eigenvalue weighted by Crippen LogP contribution is 2.84. The number of rotatable bonds is 2. The van der Waals surface area contributed by atoms with E-state index in [0.717, 1.165) is 17.8 Å². The summed E-state index contributed by atoms with van der Waals surface area (Å²) in [6.45, 7) is 0. The molecule has 1 aromatic carbocycles. The normalized spacial score (nSPS) is 49.1. The zero-order chi connectivity index (χ0) is 16.6.